The minimum atomic E-state index is -0.147. The predicted octanol–water partition coefficient (Wildman–Crippen LogP) is 4.00. The van der Waals surface area contributed by atoms with E-state index in [4.69, 9.17) is 21.9 Å². The summed E-state index contributed by atoms with van der Waals surface area (Å²) in [5.74, 6) is 1.21. The van der Waals surface area contributed by atoms with Crippen molar-refractivity contribution in [1.82, 2.24) is 20.1 Å². The number of hydrogen-bond acceptors (Lipinski definition) is 6. The van der Waals surface area contributed by atoms with Crippen LogP contribution in [-0.4, -0.2) is 70.5 Å². The van der Waals surface area contributed by atoms with Crippen molar-refractivity contribution in [3.63, 3.8) is 0 Å². The fourth-order valence-electron chi connectivity index (χ4n) is 4.04. The number of nitrogens with zero attached hydrogens (tertiary/aromatic N) is 3. The number of pyridine rings is 1. The highest BCUT2D eigenvalue weighted by molar-refractivity contribution is 8.23. The van der Waals surface area contributed by atoms with Crippen LogP contribution in [-0.2, 0) is 11.3 Å². The Hall–Kier alpha value is -2.65. The minimum absolute atomic E-state index is 0.0979. The third-order valence-electron chi connectivity index (χ3n) is 5.94. The maximum atomic E-state index is 13.2. The number of aryl methyl sites for hydroxylation is 1. The molecule has 1 N–H and O–H groups in total. The van der Waals surface area contributed by atoms with Crippen molar-refractivity contribution in [1.29, 1.82) is 0 Å². The number of benzene rings is 1. The molecule has 0 spiro atoms. The van der Waals surface area contributed by atoms with Gasteiger partial charge in [-0.3, -0.25) is 14.6 Å². The second-order valence-corrected chi connectivity index (χ2v) is 10.3. The summed E-state index contributed by atoms with van der Waals surface area (Å²) < 4.78 is 6.38. The zero-order valence-electron chi connectivity index (χ0n) is 20.9. The Kier molecular flexibility index (Phi) is 9.92. The van der Waals surface area contributed by atoms with Gasteiger partial charge in [-0.1, -0.05) is 42.2 Å². The number of nitrogens with one attached hydrogen (secondary N) is 1. The standard InChI is InChI=1S/C26H34N4O3S2/c1-5-33-22-9-7-6-8-20(22)16-27-25(32)21-11-10-18(2)28-24(21)19-12-14-30(15-13-19)23(31)17-35-26(34)29(3)4/h6-11,19H,5,12-17H2,1-4H3,(H,27,32). The summed E-state index contributed by atoms with van der Waals surface area (Å²) in [7, 11) is 3.76. The van der Waals surface area contributed by atoms with Gasteiger partial charge in [0.1, 0.15) is 10.1 Å². The molecule has 1 aromatic heterocycles. The molecule has 0 atom stereocenters. The lowest BCUT2D eigenvalue weighted by atomic mass is 9.89. The largest absolute Gasteiger partial charge is 0.494 e. The van der Waals surface area contributed by atoms with E-state index < -0.39 is 0 Å². The second kappa shape index (κ2) is 12.9. The highest BCUT2D eigenvalue weighted by Gasteiger charge is 2.28. The van der Waals surface area contributed by atoms with Gasteiger partial charge < -0.3 is 19.9 Å². The molecule has 2 amide bonds. The first-order chi connectivity index (χ1) is 16.8. The first kappa shape index (κ1) is 26.9. The Morgan fingerprint density at radius 1 is 1.20 bits per heavy atom. The molecule has 1 fully saturated rings. The molecule has 188 valence electrons. The fraction of sp³-hybridized carbons (Fsp3) is 0.462. The van der Waals surface area contributed by atoms with Gasteiger partial charge in [-0.2, -0.15) is 0 Å². The van der Waals surface area contributed by atoms with Crippen LogP contribution in [0, 0.1) is 6.92 Å². The number of piperidine rings is 1. The van der Waals surface area contributed by atoms with Crippen LogP contribution in [0.25, 0.3) is 0 Å². The molecule has 2 aromatic rings. The molecule has 0 radical (unpaired) electrons. The zero-order chi connectivity index (χ0) is 25.4. The lowest BCUT2D eigenvalue weighted by molar-refractivity contribution is -0.129. The van der Waals surface area contributed by atoms with Gasteiger partial charge in [-0.05, 0) is 44.9 Å². The maximum absolute atomic E-state index is 13.2. The van der Waals surface area contributed by atoms with E-state index in [1.165, 1.54) is 11.8 Å². The fourth-order valence-corrected chi connectivity index (χ4v) is 4.91. The molecule has 1 aromatic carbocycles. The van der Waals surface area contributed by atoms with Gasteiger partial charge in [-0.15, -0.1) is 0 Å². The number of para-hydroxylation sites is 1. The molecule has 35 heavy (non-hydrogen) atoms. The number of carbonyl (C=O) groups is 2. The van der Waals surface area contributed by atoms with Crippen molar-refractivity contribution in [3.05, 3.63) is 58.9 Å². The highest BCUT2D eigenvalue weighted by atomic mass is 32.2. The molecule has 3 rings (SSSR count). The monoisotopic (exact) mass is 514 g/mol. The summed E-state index contributed by atoms with van der Waals surface area (Å²) in [4.78, 5) is 34.3. The van der Waals surface area contributed by atoms with Gasteiger partial charge in [0.2, 0.25) is 5.91 Å². The van der Waals surface area contributed by atoms with E-state index in [0.29, 0.717) is 41.9 Å². The molecule has 0 aliphatic carbocycles. The molecule has 2 heterocycles. The van der Waals surface area contributed by atoms with Crippen LogP contribution >= 0.6 is 24.0 Å². The Morgan fingerprint density at radius 3 is 2.60 bits per heavy atom. The zero-order valence-corrected chi connectivity index (χ0v) is 22.5. The SMILES string of the molecule is CCOc1ccccc1CNC(=O)c1ccc(C)nc1C1CCN(C(=O)CSC(=S)N(C)C)CC1. The molecule has 9 heteroatoms. The van der Waals surface area contributed by atoms with Gasteiger partial charge in [0, 0.05) is 50.9 Å². The van der Waals surface area contributed by atoms with Crippen LogP contribution in [0.15, 0.2) is 36.4 Å². The molecule has 0 saturated carbocycles. The molecule has 7 nitrogen and oxygen atoms in total. The summed E-state index contributed by atoms with van der Waals surface area (Å²) in [5, 5.41) is 3.03. The lowest BCUT2D eigenvalue weighted by Crippen LogP contribution is -2.40. The molecule has 1 aliphatic heterocycles. The van der Waals surface area contributed by atoms with Crippen molar-refractivity contribution >= 4 is 40.1 Å². The number of ether oxygens (including phenoxy) is 1. The van der Waals surface area contributed by atoms with Crippen LogP contribution < -0.4 is 10.1 Å². The third-order valence-corrected chi connectivity index (χ3v) is 7.66. The van der Waals surface area contributed by atoms with Crippen LogP contribution in [0.3, 0.4) is 0 Å². The number of carbonyl (C=O) groups excluding carboxylic acids is 2. The average molecular weight is 515 g/mol. The second-order valence-electron chi connectivity index (χ2n) is 8.71. The number of thiocarbonyl (C=S) groups is 1. The Balaban J connectivity index is 1.63. The number of likely N-dealkylation sites (tertiary alicyclic amines) is 1. The lowest BCUT2D eigenvalue weighted by Gasteiger charge is -2.32. The Labute approximate surface area is 217 Å². The van der Waals surface area contributed by atoms with Gasteiger partial charge >= 0.3 is 0 Å². The van der Waals surface area contributed by atoms with Gasteiger partial charge in [0.25, 0.3) is 5.91 Å². The molecule has 0 unspecified atom stereocenters. The smallest absolute Gasteiger partial charge is 0.253 e. The van der Waals surface area contributed by atoms with Gasteiger partial charge in [0.05, 0.1) is 23.6 Å². The molecule has 0 bridgehead atoms. The number of amides is 2. The van der Waals surface area contributed by atoms with E-state index in [1.54, 1.807) is 0 Å². The third kappa shape index (κ3) is 7.41. The van der Waals surface area contributed by atoms with E-state index in [1.807, 2.05) is 74.1 Å². The summed E-state index contributed by atoms with van der Waals surface area (Å²) in [6.45, 7) is 6.12. The average Bonchev–Trinajstić information content (AvgIpc) is 2.86. The molecule has 1 aliphatic rings. The van der Waals surface area contributed by atoms with Crippen LogP contribution in [0.2, 0.25) is 0 Å². The number of thioether (sulfide) groups is 1. The quantitative estimate of drug-likeness (QED) is 0.534. The first-order valence-electron chi connectivity index (χ1n) is 11.9. The Bertz CT molecular complexity index is 1050. The van der Waals surface area contributed by atoms with Crippen LogP contribution in [0.4, 0.5) is 0 Å². The van der Waals surface area contributed by atoms with Crippen LogP contribution in [0.5, 0.6) is 5.75 Å². The van der Waals surface area contributed by atoms with Crippen molar-refractivity contribution in [2.45, 2.75) is 39.2 Å². The first-order valence-corrected chi connectivity index (χ1v) is 13.3. The number of aromatic nitrogens is 1. The number of hydrogen-bond donors (Lipinski definition) is 1. The minimum Gasteiger partial charge on any atom is -0.494 e. The van der Waals surface area contributed by atoms with E-state index >= 15 is 0 Å². The van der Waals surface area contributed by atoms with Crippen molar-refractivity contribution in [3.8, 4) is 5.75 Å². The van der Waals surface area contributed by atoms with Crippen molar-refractivity contribution < 1.29 is 14.3 Å². The summed E-state index contributed by atoms with van der Waals surface area (Å²) in [6, 6.07) is 11.4. The van der Waals surface area contributed by atoms with E-state index in [-0.39, 0.29) is 17.7 Å². The maximum Gasteiger partial charge on any atom is 0.253 e. The highest BCUT2D eigenvalue weighted by Crippen LogP contribution is 2.30. The van der Waals surface area contributed by atoms with E-state index in [0.717, 1.165) is 35.5 Å². The van der Waals surface area contributed by atoms with E-state index in [9.17, 15) is 9.59 Å². The number of rotatable bonds is 8. The van der Waals surface area contributed by atoms with Crippen LogP contribution in [0.1, 0.15) is 53.0 Å². The summed E-state index contributed by atoms with van der Waals surface area (Å²) in [6.07, 6.45) is 1.55. The molecular weight excluding hydrogens is 480 g/mol. The van der Waals surface area contributed by atoms with Gasteiger partial charge in [-0.25, -0.2) is 0 Å². The van der Waals surface area contributed by atoms with E-state index in [2.05, 4.69) is 5.32 Å². The Morgan fingerprint density at radius 2 is 1.91 bits per heavy atom. The van der Waals surface area contributed by atoms with Crippen molar-refractivity contribution in [2.75, 3.05) is 39.5 Å². The topological polar surface area (TPSA) is 74.8 Å². The summed E-state index contributed by atoms with van der Waals surface area (Å²) >= 11 is 6.66. The van der Waals surface area contributed by atoms with Crippen molar-refractivity contribution in [2.24, 2.45) is 0 Å². The summed E-state index contributed by atoms with van der Waals surface area (Å²) in [5.41, 5.74) is 3.23. The molecule has 1 saturated heterocycles. The van der Waals surface area contributed by atoms with Gasteiger partial charge in [0.15, 0.2) is 0 Å². The normalized spacial score (nSPS) is 13.9. The molecular formula is C26H34N4O3S2. The predicted molar refractivity (Wildman–Crippen MR) is 145 cm³/mol.